The Labute approximate surface area is 276 Å². The van der Waals surface area contributed by atoms with E-state index in [1.54, 1.807) is 26.9 Å². The SMILES string of the molecule is C=CCN(Cc1ccccc1)C(=O)C1N([C@@H](CO)Cc2ccccc2)C(=O)[C@@H]2[C@H](C(=O)N(CC=C)c3ccccc3)[C@]3(C)CCC12O3. The molecule has 3 aliphatic rings. The maximum absolute atomic E-state index is 14.9. The third-order valence-corrected chi connectivity index (χ3v) is 10.2. The number of anilines is 1. The smallest absolute Gasteiger partial charge is 0.249 e. The number of rotatable bonds is 13. The predicted molar refractivity (Wildman–Crippen MR) is 181 cm³/mol. The molecule has 1 N–H and O–H groups in total. The summed E-state index contributed by atoms with van der Waals surface area (Å²) in [4.78, 5) is 49.5. The highest BCUT2D eigenvalue weighted by Gasteiger charge is 2.79. The summed E-state index contributed by atoms with van der Waals surface area (Å²) in [5.41, 5.74) is 0.381. The van der Waals surface area contributed by atoms with E-state index in [1.807, 2.05) is 97.9 Å². The number of fused-ring (bicyclic) bond motifs is 1. The van der Waals surface area contributed by atoms with E-state index in [4.69, 9.17) is 4.74 Å². The van der Waals surface area contributed by atoms with Gasteiger partial charge in [-0.25, -0.2) is 0 Å². The molecule has 0 radical (unpaired) electrons. The average Bonchev–Trinajstić information content (AvgIpc) is 3.67. The Kier molecular flexibility index (Phi) is 9.17. The molecule has 0 saturated carbocycles. The molecule has 244 valence electrons. The molecule has 3 aromatic carbocycles. The average molecular weight is 634 g/mol. The molecule has 8 nitrogen and oxygen atoms in total. The summed E-state index contributed by atoms with van der Waals surface area (Å²) >= 11 is 0. The first-order chi connectivity index (χ1) is 22.8. The van der Waals surface area contributed by atoms with Crippen molar-refractivity contribution in [1.82, 2.24) is 9.80 Å². The van der Waals surface area contributed by atoms with Gasteiger partial charge in [0.2, 0.25) is 17.7 Å². The first-order valence-corrected chi connectivity index (χ1v) is 16.4. The number of carbonyl (C=O) groups excluding carboxylic acids is 3. The van der Waals surface area contributed by atoms with Crippen molar-refractivity contribution in [2.45, 2.75) is 56.0 Å². The number of hydrogen-bond donors (Lipinski definition) is 1. The zero-order valence-electron chi connectivity index (χ0n) is 26.9. The lowest BCUT2D eigenvalue weighted by Gasteiger charge is -2.39. The zero-order valence-corrected chi connectivity index (χ0v) is 26.9. The Hall–Kier alpha value is -4.53. The molecular formula is C39H43N3O5. The largest absolute Gasteiger partial charge is 0.394 e. The van der Waals surface area contributed by atoms with Crippen molar-refractivity contribution in [2.24, 2.45) is 11.8 Å². The van der Waals surface area contributed by atoms with Crippen molar-refractivity contribution in [2.75, 3.05) is 24.6 Å². The monoisotopic (exact) mass is 633 g/mol. The molecule has 2 unspecified atom stereocenters. The van der Waals surface area contributed by atoms with Crippen LogP contribution in [0.4, 0.5) is 5.69 Å². The van der Waals surface area contributed by atoms with Crippen molar-refractivity contribution in [3.05, 3.63) is 127 Å². The van der Waals surface area contributed by atoms with Crippen molar-refractivity contribution in [3.8, 4) is 0 Å². The van der Waals surface area contributed by atoms with Gasteiger partial charge in [-0.2, -0.15) is 0 Å². The lowest BCUT2D eigenvalue weighted by atomic mass is 9.66. The topological polar surface area (TPSA) is 90.4 Å². The van der Waals surface area contributed by atoms with Crippen molar-refractivity contribution in [1.29, 1.82) is 0 Å². The number of aliphatic hydroxyl groups excluding tert-OH is 1. The number of benzene rings is 3. The van der Waals surface area contributed by atoms with E-state index in [-0.39, 0.29) is 37.4 Å². The Morgan fingerprint density at radius 1 is 0.915 bits per heavy atom. The minimum Gasteiger partial charge on any atom is -0.394 e. The second kappa shape index (κ2) is 13.3. The lowest BCUT2D eigenvalue weighted by molar-refractivity contribution is -0.155. The highest BCUT2D eigenvalue weighted by molar-refractivity contribution is 6.03. The molecule has 3 heterocycles. The van der Waals surface area contributed by atoms with Crippen LogP contribution in [0, 0.1) is 11.8 Å². The summed E-state index contributed by atoms with van der Waals surface area (Å²) in [6.45, 7) is 10.2. The van der Waals surface area contributed by atoms with E-state index in [1.165, 1.54) is 0 Å². The minimum atomic E-state index is -1.24. The van der Waals surface area contributed by atoms with Crippen molar-refractivity contribution < 1.29 is 24.2 Å². The minimum absolute atomic E-state index is 0.234. The fraction of sp³-hybridized carbons (Fsp3) is 0.359. The number of likely N-dealkylation sites (tertiary alicyclic amines) is 1. The molecule has 3 fully saturated rings. The third-order valence-electron chi connectivity index (χ3n) is 10.2. The van der Waals surface area contributed by atoms with Crippen LogP contribution in [0.3, 0.4) is 0 Å². The van der Waals surface area contributed by atoms with Gasteiger partial charge >= 0.3 is 0 Å². The quantitative estimate of drug-likeness (QED) is 0.274. The zero-order chi connectivity index (χ0) is 33.2. The number of nitrogens with zero attached hydrogens (tertiary/aromatic N) is 3. The van der Waals surface area contributed by atoms with Gasteiger partial charge in [-0.15, -0.1) is 13.2 Å². The van der Waals surface area contributed by atoms with Crippen LogP contribution < -0.4 is 4.90 Å². The van der Waals surface area contributed by atoms with Crippen LogP contribution in [0.1, 0.15) is 30.9 Å². The van der Waals surface area contributed by atoms with Crippen LogP contribution in [0.2, 0.25) is 0 Å². The molecule has 0 aliphatic carbocycles. The maximum Gasteiger partial charge on any atom is 0.249 e. The van der Waals surface area contributed by atoms with E-state index in [9.17, 15) is 19.5 Å². The van der Waals surface area contributed by atoms with Crippen LogP contribution in [-0.2, 0) is 32.1 Å². The molecule has 3 aromatic rings. The molecular weight excluding hydrogens is 590 g/mol. The lowest BCUT2D eigenvalue weighted by Crippen LogP contribution is -2.59. The number of carbonyl (C=O) groups is 3. The van der Waals surface area contributed by atoms with Crippen LogP contribution >= 0.6 is 0 Å². The van der Waals surface area contributed by atoms with Gasteiger partial charge in [-0.05, 0) is 49.4 Å². The number of amides is 3. The summed E-state index contributed by atoms with van der Waals surface area (Å²) < 4.78 is 6.94. The van der Waals surface area contributed by atoms with Gasteiger partial charge in [0.05, 0.1) is 30.1 Å². The van der Waals surface area contributed by atoms with Crippen LogP contribution in [0.15, 0.2) is 116 Å². The van der Waals surface area contributed by atoms with Gasteiger partial charge in [0.25, 0.3) is 0 Å². The maximum atomic E-state index is 14.9. The van der Waals surface area contributed by atoms with Gasteiger partial charge in [-0.1, -0.05) is 91.0 Å². The molecule has 8 heteroatoms. The van der Waals surface area contributed by atoms with Gasteiger partial charge in [0.15, 0.2) is 0 Å². The molecule has 3 aliphatic heterocycles. The summed E-state index contributed by atoms with van der Waals surface area (Å²) in [7, 11) is 0. The van der Waals surface area contributed by atoms with Gasteiger partial charge < -0.3 is 24.5 Å². The Bertz CT molecular complexity index is 1620. The van der Waals surface area contributed by atoms with Crippen molar-refractivity contribution >= 4 is 23.4 Å². The van der Waals surface area contributed by atoms with E-state index < -0.39 is 35.1 Å². The molecule has 0 aromatic heterocycles. The van der Waals surface area contributed by atoms with E-state index in [2.05, 4.69) is 13.2 Å². The van der Waals surface area contributed by atoms with Crippen LogP contribution in [-0.4, -0.2) is 75.6 Å². The second-order valence-corrected chi connectivity index (χ2v) is 13.1. The summed E-state index contributed by atoms with van der Waals surface area (Å²) in [5.74, 6) is -2.57. The number of ether oxygens (including phenoxy) is 1. The Balaban J connectivity index is 1.45. The molecule has 47 heavy (non-hydrogen) atoms. The standard InChI is InChI=1S/C39H43N3O5/c1-4-23-40(26-29-17-11-7-12-18-29)37(46)34-39-22-21-38(3,47-39)32(35(44)41(24-5-2)30-19-13-8-14-20-30)33(39)36(45)42(34)31(27-43)25-28-15-9-6-10-16-28/h4-20,31-34,43H,1-2,21-27H2,3H3/t31-,32-,33+,34?,38+,39?/m1/s1. The highest BCUT2D eigenvalue weighted by atomic mass is 16.5. The van der Waals surface area contributed by atoms with Gasteiger partial charge in [0.1, 0.15) is 11.6 Å². The number of para-hydroxylation sites is 1. The number of hydrogen-bond acceptors (Lipinski definition) is 5. The van der Waals surface area contributed by atoms with Crippen LogP contribution in [0.5, 0.6) is 0 Å². The molecule has 2 bridgehead atoms. The third kappa shape index (κ3) is 5.70. The summed E-state index contributed by atoms with van der Waals surface area (Å²) in [6.07, 6.45) is 4.66. The normalized spacial score (nSPS) is 26.5. The molecule has 1 spiro atoms. The summed E-state index contributed by atoms with van der Waals surface area (Å²) in [5, 5.41) is 10.8. The van der Waals surface area contributed by atoms with Gasteiger partial charge in [0, 0.05) is 25.3 Å². The second-order valence-electron chi connectivity index (χ2n) is 13.1. The molecule has 6 rings (SSSR count). The first-order valence-electron chi connectivity index (χ1n) is 16.4. The van der Waals surface area contributed by atoms with Crippen molar-refractivity contribution in [3.63, 3.8) is 0 Å². The van der Waals surface area contributed by atoms with E-state index in [0.29, 0.717) is 31.5 Å². The molecule has 3 amide bonds. The fourth-order valence-electron chi connectivity index (χ4n) is 8.14. The predicted octanol–water partition coefficient (Wildman–Crippen LogP) is 4.79. The molecule has 6 atom stereocenters. The first kappa shape index (κ1) is 32.4. The number of aliphatic hydroxyl groups is 1. The van der Waals surface area contributed by atoms with E-state index in [0.717, 1.165) is 11.1 Å². The summed E-state index contributed by atoms with van der Waals surface area (Å²) in [6, 6.07) is 26.9. The van der Waals surface area contributed by atoms with Gasteiger partial charge in [-0.3, -0.25) is 14.4 Å². The van der Waals surface area contributed by atoms with E-state index >= 15 is 0 Å². The Morgan fingerprint density at radius 3 is 2.11 bits per heavy atom. The molecule has 3 saturated heterocycles. The van der Waals surface area contributed by atoms with Crippen LogP contribution in [0.25, 0.3) is 0 Å². The highest BCUT2D eigenvalue weighted by Crippen LogP contribution is 2.64. The fourth-order valence-corrected chi connectivity index (χ4v) is 8.14. The Morgan fingerprint density at radius 2 is 1.51 bits per heavy atom.